The van der Waals surface area contributed by atoms with Crippen molar-refractivity contribution >= 4 is 0 Å². The molecule has 0 unspecified atom stereocenters. The second-order valence-corrected chi connectivity index (χ2v) is 7.85. The fourth-order valence-corrected chi connectivity index (χ4v) is 2.13. The van der Waals surface area contributed by atoms with Crippen LogP contribution < -0.4 is 0 Å². The quantitative estimate of drug-likeness (QED) is 0.501. The van der Waals surface area contributed by atoms with Gasteiger partial charge in [0.25, 0.3) is 0 Å². The Morgan fingerprint density at radius 3 is 1.31 bits per heavy atom. The summed E-state index contributed by atoms with van der Waals surface area (Å²) in [6.07, 6.45) is 2.46. The molecule has 0 nitrogen and oxygen atoms in total. The van der Waals surface area contributed by atoms with Crippen molar-refractivity contribution in [3.63, 3.8) is 0 Å². The maximum Gasteiger partial charge on any atom is -0.0277 e. The van der Waals surface area contributed by atoms with E-state index in [1.54, 1.807) is 0 Å². The van der Waals surface area contributed by atoms with Crippen molar-refractivity contribution in [1.29, 1.82) is 0 Å². The minimum Gasteiger partial charge on any atom is -0.100 e. The van der Waals surface area contributed by atoms with Crippen molar-refractivity contribution in [3.8, 4) is 0 Å². The predicted octanol–water partition coefficient (Wildman–Crippen LogP) is 6.08. The molecule has 0 saturated carbocycles. The van der Waals surface area contributed by atoms with E-state index in [-0.39, 0.29) is 0 Å². The van der Waals surface area contributed by atoms with Gasteiger partial charge in [-0.15, -0.1) is 6.58 Å². The third-order valence-corrected chi connectivity index (χ3v) is 1.85. The summed E-state index contributed by atoms with van der Waals surface area (Å²) in [5.41, 5.74) is 2.22. The predicted molar refractivity (Wildman–Crippen MR) is 77.8 cm³/mol. The third-order valence-electron chi connectivity index (χ3n) is 1.85. The Hall–Kier alpha value is -0.260. The van der Waals surface area contributed by atoms with E-state index in [0.717, 1.165) is 12.3 Å². The molecule has 0 heteroatoms. The van der Waals surface area contributed by atoms with Crippen LogP contribution in [0.5, 0.6) is 0 Å². The van der Waals surface area contributed by atoms with Crippen LogP contribution >= 0.6 is 0 Å². The summed E-state index contributed by atoms with van der Waals surface area (Å²) in [4.78, 5) is 0. The summed E-state index contributed by atoms with van der Waals surface area (Å²) in [6.45, 7) is 24.0. The molecule has 0 aliphatic heterocycles. The van der Waals surface area contributed by atoms with Crippen LogP contribution in [-0.4, -0.2) is 0 Å². The van der Waals surface area contributed by atoms with Gasteiger partial charge < -0.3 is 0 Å². The molecule has 0 aromatic carbocycles. The van der Waals surface area contributed by atoms with Crippen molar-refractivity contribution < 1.29 is 0 Å². The normalized spacial score (nSPS) is 12.1. The summed E-state index contributed by atoms with van der Waals surface area (Å²) in [5, 5.41) is 0. The van der Waals surface area contributed by atoms with E-state index >= 15 is 0 Å². The Balaban J connectivity index is 0. The lowest BCUT2D eigenvalue weighted by atomic mass is 9.86. The van der Waals surface area contributed by atoms with Gasteiger partial charge in [0.1, 0.15) is 0 Å². The van der Waals surface area contributed by atoms with Crippen LogP contribution in [0.1, 0.15) is 75.2 Å². The number of allylic oxidation sites excluding steroid dienone is 1. The molecule has 0 rings (SSSR count). The van der Waals surface area contributed by atoms with Gasteiger partial charge in [-0.3, -0.25) is 0 Å². The van der Waals surface area contributed by atoms with Crippen molar-refractivity contribution in [1.82, 2.24) is 0 Å². The summed E-state index contributed by atoms with van der Waals surface area (Å²) in [5.74, 6) is 0.843. The highest BCUT2D eigenvalue weighted by Crippen LogP contribution is 2.23. The lowest BCUT2D eigenvalue weighted by Gasteiger charge is -2.19. The molecule has 0 aromatic rings. The lowest BCUT2D eigenvalue weighted by Crippen LogP contribution is -2.08. The lowest BCUT2D eigenvalue weighted by molar-refractivity contribution is 0.320. The fourth-order valence-electron chi connectivity index (χ4n) is 2.13. The standard InChI is InChI=1S/C8H18.C8H16/c2*1-7(2)6-8(3,4)5/h7H,6H2,1-5H3;1,6H2,2-5H3. The number of rotatable bonds is 2. The zero-order chi connectivity index (χ0) is 13.6. The van der Waals surface area contributed by atoms with E-state index < -0.39 is 0 Å². The second-order valence-electron chi connectivity index (χ2n) is 7.85. The summed E-state index contributed by atoms with van der Waals surface area (Å²) in [7, 11) is 0. The van der Waals surface area contributed by atoms with E-state index in [0.29, 0.717) is 10.8 Å². The zero-order valence-corrected chi connectivity index (χ0v) is 13.2. The molecule has 0 N–H and O–H groups in total. The van der Waals surface area contributed by atoms with E-state index in [9.17, 15) is 0 Å². The van der Waals surface area contributed by atoms with Gasteiger partial charge >= 0.3 is 0 Å². The summed E-state index contributed by atoms with van der Waals surface area (Å²) >= 11 is 0. The first kappa shape index (κ1) is 18.1. The average Bonchev–Trinajstić information content (AvgIpc) is 1.72. The van der Waals surface area contributed by atoms with Crippen molar-refractivity contribution in [2.24, 2.45) is 16.7 Å². The molecule has 0 aliphatic carbocycles. The Morgan fingerprint density at radius 2 is 1.31 bits per heavy atom. The largest absolute Gasteiger partial charge is 0.100 e. The van der Waals surface area contributed by atoms with Gasteiger partial charge in [0.15, 0.2) is 0 Å². The Bertz CT molecular complexity index is 183. The molecule has 16 heavy (non-hydrogen) atoms. The van der Waals surface area contributed by atoms with Crippen LogP contribution in [0.3, 0.4) is 0 Å². The molecule has 98 valence electrons. The highest BCUT2D eigenvalue weighted by atomic mass is 14.2. The van der Waals surface area contributed by atoms with Crippen LogP contribution in [0.2, 0.25) is 0 Å². The molecular formula is C16H34. The summed E-state index contributed by atoms with van der Waals surface area (Å²) in [6, 6.07) is 0. The maximum absolute atomic E-state index is 3.84. The topological polar surface area (TPSA) is 0 Å². The molecule has 0 amide bonds. The molecule has 0 spiro atoms. The summed E-state index contributed by atoms with van der Waals surface area (Å²) < 4.78 is 0. The van der Waals surface area contributed by atoms with Crippen molar-refractivity contribution in [2.75, 3.05) is 0 Å². The van der Waals surface area contributed by atoms with Gasteiger partial charge in [0.2, 0.25) is 0 Å². The fraction of sp³-hybridized carbons (Fsp3) is 0.875. The van der Waals surface area contributed by atoms with Crippen LogP contribution in [0.4, 0.5) is 0 Å². The molecule has 0 fully saturated rings. The Morgan fingerprint density at radius 1 is 0.938 bits per heavy atom. The van der Waals surface area contributed by atoms with Gasteiger partial charge in [-0.25, -0.2) is 0 Å². The van der Waals surface area contributed by atoms with Crippen molar-refractivity contribution in [2.45, 2.75) is 75.2 Å². The first-order valence-corrected chi connectivity index (χ1v) is 6.48. The van der Waals surface area contributed by atoms with Crippen LogP contribution in [-0.2, 0) is 0 Å². The maximum atomic E-state index is 3.84. The average molecular weight is 226 g/mol. The van der Waals surface area contributed by atoms with Gasteiger partial charge in [0, 0.05) is 0 Å². The van der Waals surface area contributed by atoms with Crippen LogP contribution in [0, 0.1) is 16.7 Å². The molecule has 0 aromatic heterocycles. The second kappa shape index (κ2) is 7.14. The molecule has 0 aliphatic rings. The highest BCUT2D eigenvalue weighted by Gasteiger charge is 2.11. The molecule has 0 saturated heterocycles. The monoisotopic (exact) mass is 226 g/mol. The zero-order valence-electron chi connectivity index (χ0n) is 13.2. The smallest absolute Gasteiger partial charge is 0.0277 e. The van der Waals surface area contributed by atoms with E-state index in [1.807, 2.05) is 0 Å². The minimum atomic E-state index is 0.422. The van der Waals surface area contributed by atoms with Gasteiger partial charge in [0.05, 0.1) is 0 Å². The van der Waals surface area contributed by atoms with Crippen molar-refractivity contribution in [3.05, 3.63) is 12.2 Å². The van der Waals surface area contributed by atoms with E-state index in [1.165, 1.54) is 12.0 Å². The first-order valence-electron chi connectivity index (χ1n) is 6.48. The molecule has 0 atom stereocenters. The molecule has 0 radical (unpaired) electrons. The molecule has 0 heterocycles. The van der Waals surface area contributed by atoms with Crippen LogP contribution in [0.25, 0.3) is 0 Å². The van der Waals surface area contributed by atoms with E-state index in [4.69, 9.17) is 0 Å². The number of hydrogen-bond acceptors (Lipinski definition) is 0. The van der Waals surface area contributed by atoms with Crippen LogP contribution in [0.15, 0.2) is 12.2 Å². The number of hydrogen-bond donors (Lipinski definition) is 0. The minimum absolute atomic E-state index is 0.422. The Kier molecular flexibility index (Phi) is 8.09. The highest BCUT2D eigenvalue weighted by molar-refractivity contribution is 4.91. The first-order chi connectivity index (χ1) is 6.83. The third kappa shape index (κ3) is 23.5. The molecular weight excluding hydrogens is 192 g/mol. The van der Waals surface area contributed by atoms with Gasteiger partial charge in [-0.05, 0) is 36.5 Å². The SMILES string of the molecule is C=C(C)CC(C)(C)C.CC(C)CC(C)(C)C. The van der Waals surface area contributed by atoms with Gasteiger partial charge in [-0.2, -0.15) is 0 Å². The Labute approximate surface area is 105 Å². The van der Waals surface area contributed by atoms with Gasteiger partial charge in [-0.1, -0.05) is 61.0 Å². The van der Waals surface area contributed by atoms with E-state index in [2.05, 4.69) is 68.9 Å². The molecule has 0 bridgehead atoms.